The van der Waals surface area contributed by atoms with Gasteiger partial charge in [-0.3, -0.25) is 4.90 Å². The van der Waals surface area contributed by atoms with E-state index in [1.807, 2.05) is 12.1 Å². The Morgan fingerprint density at radius 3 is 2.18 bits per heavy atom. The van der Waals surface area contributed by atoms with Crippen molar-refractivity contribution in [2.45, 2.75) is 57.0 Å². The zero-order valence-electron chi connectivity index (χ0n) is 16.7. The van der Waals surface area contributed by atoms with Gasteiger partial charge < -0.3 is 14.6 Å². The van der Waals surface area contributed by atoms with E-state index in [2.05, 4.69) is 41.3 Å². The molecule has 2 aliphatic rings. The van der Waals surface area contributed by atoms with Gasteiger partial charge in [-0.15, -0.1) is 0 Å². The number of nitrogens with zero attached hydrogens (tertiary/aromatic N) is 1. The predicted molar refractivity (Wildman–Crippen MR) is 111 cm³/mol. The Kier molecular flexibility index (Phi) is 6.30. The fourth-order valence-electron chi connectivity index (χ4n) is 4.52. The number of rotatable bonds is 6. The number of aliphatic hydroxyl groups is 1. The van der Waals surface area contributed by atoms with E-state index in [4.69, 9.17) is 9.47 Å². The molecule has 0 amide bonds. The lowest BCUT2D eigenvalue weighted by molar-refractivity contribution is 0.0356. The Bertz CT molecular complexity index is 737. The monoisotopic (exact) mass is 381 g/mol. The largest absolute Gasteiger partial charge is 0.497 e. The van der Waals surface area contributed by atoms with Crippen LogP contribution in [-0.4, -0.2) is 48.5 Å². The van der Waals surface area contributed by atoms with Crippen LogP contribution in [0.5, 0.6) is 5.75 Å². The van der Waals surface area contributed by atoms with Crippen molar-refractivity contribution in [2.24, 2.45) is 0 Å². The summed E-state index contributed by atoms with van der Waals surface area (Å²) in [5.41, 5.74) is 3.54. The molecule has 150 valence electrons. The van der Waals surface area contributed by atoms with Gasteiger partial charge in [0, 0.05) is 12.5 Å². The first-order chi connectivity index (χ1) is 13.7. The van der Waals surface area contributed by atoms with Gasteiger partial charge in [0.05, 0.1) is 25.9 Å². The van der Waals surface area contributed by atoms with Crippen LogP contribution in [0.3, 0.4) is 0 Å². The Balaban J connectivity index is 1.30. The summed E-state index contributed by atoms with van der Waals surface area (Å²) in [5, 5.41) is 10.5. The van der Waals surface area contributed by atoms with E-state index in [1.165, 1.54) is 36.0 Å². The van der Waals surface area contributed by atoms with Crippen molar-refractivity contribution in [2.75, 3.05) is 20.2 Å². The van der Waals surface area contributed by atoms with Crippen molar-refractivity contribution in [1.82, 2.24) is 4.90 Å². The maximum Gasteiger partial charge on any atom is 0.118 e. The fourth-order valence-corrected chi connectivity index (χ4v) is 4.52. The van der Waals surface area contributed by atoms with Crippen LogP contribution in [0, 0.1) is 0 Å². The average Bonchev–Trinajstić information content (AvgIpc) is 3.14. The quantitative estimate of drug-likeness (QED) is 0.812. The van der Waals surface area contributed by atoms with Crippen molar-refractivity contribution in [3.63, 3.8) is 0 Å². The average molecular weight is 382 g/mol. The molecule has 0 spiro atoms. The molecule has 28 heavy (non-hydrogen) atoms. The Hall–Kier alpha value is -1.88. The van der Waals surface area contributed by atoms with Gasteiger partial charge in [-0.2, -0.15) is 0 Å². The van der Waals surface area contributed by atoms with E-state index < -0.39 is 0 Å². The van der Waals surface area contributed by atoms with Crippen molar-refractivity contribution in [1.29, 1.82) is 0 Å². The van der Waals surface area contributed by atoms with Crippen LogP contribution >= 0.6 is 0 Å². The highest BCUT2D eigenvalue weighted by atomic mass is 16.5. The second-order valence-electron chi connectivity index (χ2n) is 8.06. The second kappa shape index (κ2) is 9.08. The molecule has 0 bridgehead atoms. The SMILES string of the molecule is COc1ccc(-c2ccc(CO[C@@H]3C[C@H](O)[C@@H](N4CCCCC4)C3)cc2)cc1. The van der Waals surface area contributed by atoms with Crippen molar-refractivity contribution < 1.29 is 14.6 Å². The third kappa shape index (κ3) is 4.57. The van der Waals surface area contributed by atoms with Crippen LogP contribution in [-0.2, 0) is 11.3 Å². The third-order valence-electron chi connectivity index (χ3n) is 6.18. The molecule has 1 heterocycles. The Morgan fingerprint density at radius 2 is 1.54 bits per heavy atom. The molecule has 2 fully saturated rings. The van der Waals surface area contributed by atoms with Crippen LogP contribution in [0.2, 0.25) is 0 Å². The first-order valence-electron chi connectivity index (χ1n) is 10.5. The number of hydrogen-bond acceptors (Lipinski definition) is 4. The minimum absolute atomic E-state index is 0.156. The van der Waals surface area contributed by atoms with E-state index in [9.17, 15) is 5.11 Å². The smallest absolute Gasteiger partial charge is 0.118 e. The van der Waals surface area contributed by atoms with E-state index >= 15 is 0 Å². The molecule has 4 rings (SSSR count). The number of piperidine rings is 1. The number of methoxy groups -OCH3 is 1. The molecule has 3 atom stereocenters. The van der Waals surface area contributed by atoms with Gasteiger partial charge in [0.25, 0.3) is 0 Å². The van der Waals surface area contributed by atoms with Crippen LogP contribution in [0.15, 0.2) is 48.5 Å². The number of hydrogen-bond donors (Lipinski definition) is 1. The van der Waals surface area contributed by atoms with E-state index in [0.717, 1.165) is 31.7 Å². The molecule has 1 saturated heterocycles. The molecule has 1 aliphatic heterocycles. The maximum absolute atomic E-state index is 10.5. The molecule has 2 aromatic rings. The van der Waals surface area contributed by atoms with Crippen LogP contribution < -0.4 is 4.74 Å². The van der Waals surface area contributed by atoms with Gasteiger partial charge in [-0.05, 0) is 61.2 Å². The highest BCUT2D eigenvalue weighted by molar-refractivity contribution is 5.64. The highest BCUT2D eigenvalue weighted by Crippen LogP contribution is 2.30. The van der Waals surface area contributed by atoms with Gasteiger partial charge in [0.15, 0.2) is 0 Å². The molecule has 1 aliphatic carbocycles. The summed E-state index contributed by atoms with van der Waals surface area (Å²) in [6, 6.07) is 16.9. The summed E-state index contributed by atoms with van der Waals surface area (Å²) in [7, 11) is 1.68. The third-order valence-corrected chi connectivity index (χ3v) is 6.18. The highest BCUT2D eigenvalue weighted by Gasteiger charge is 2.37. The molecule has 2 aromatic carbocycles. The van der Waals surface area contributed by atoms with Crippen molar-refractivity contribution in [3.05, 3.63) is 54.1 Å². The predicted octanol–water partition coefficient (Wildman–Crippen LogP) is 4.26. The molecule has 0 unspecified atom stereocenters. The number of benzene rings is 2. The Morgan fingerprint density at radius 1 is 0.893 bits per heavy atom. The Labute approximate surface area is 168 Å². The molecule has 4 nitrogen and oxygen atoms in total. The van der Waals surface area contributed by atoms with E-state index in [-0.39, 0.29) is 18.2 Å². The standard InChI is InChI=1S/C24H31NO3/c1-27-21-11-9-20(10-12-21)19-7-5-18(6-8-19)17-28-22-15-23(24(26)16-22)25-13-3-2-4-14-25/h5-12,22-24,26H,2-4,13-17H2,1H3/t22-,23-,24-/m0/s1. The van der Waals surface area contributed by atoms with Crippen molar-refractivity contribution >= 4 is 0 Å². The summed E-state index contributed by atoms with van der Waals surface area (Å²) in [6.45, 7) is 2.86. The first kappa shape index (κ1) is 19.4. The molecule has 0 radical (unpaired) electrons. The maximum atomic E-state index is 10.5. The van der Waals surface area contributed by atoms with E-state index in [1.54, 1.807) is 7.11 Å². The topological polar surface area (TPSA) is 41.9 Å². The molecule has 1 N–H and O–H groups in total. The van der Waals surface area contributed by atoms with Crippen LogP contribution in [0.4, 0.5) is 0 Å². The number of ether oxygens (including phenoxy) is 2. The van der Waals surface area contributed by atoms with Crippen LogP contribution in [0.1, 0.15) is 37.7 Å². The zero-order valence-corrected chi connectivity index (χ0v) is 16.7. The van der Waals surface area contributed by atoms with Gasteiger partial charge in [0.2, 0.25) is 0 Å². The molecular formula is C24H31NO3. The van der Waals surface area contributed by atoms with Gasteiger partial charge in [-0.1, -0.05) is 42.8 Å². The van der Waals surface area contributed by atoms with Gasteiger partial charge in [-0.25, -0.2) is 0 Å². The van der Waals surface area contributed by atoms with Crippen LogP contribution in [0.25, 0.3) is 11.1 Å². The summed E-state index contributed by atoms with van der Waals surface area (Å²) in [4.78, 5) is 2.47. The minimum atomic E-state index is -0.249. The van der Waals surface area contributed by atoms with Gasteiger partial charge >= 0.3 is 0 Å². The summed E-state index contributed by atoms with van der Waals surface area (Å²) in [6.07, 6.45) is 5.45. The fraction of sp³-hybridized carbons (Fsp3) is 0.500. The molecular weight excluding hydrogens is 350 g/mol. The summed E-state index contributed by atoms with van der Waals surface area (Å²) in [5.74, 6) is 0.871. The first-order valence-corrected chi connectivity index (χ1v) is 10.5. The van der Waals surface area contributed by atoms with E-state index in [0.29, 0.717) is 6.61 Å². The molecule has 1 saturated carbocycles. The summed E-state index contributed by atoms with van der Waals surface area (Å²) < 4.78 is 11.4. The summed E-state index contributed by atoms with van der Waals surface area (Å²) >= 11 is 0. The zero-order chi connectivity index (χ0) is 19.3. The second-order valence-corrected chi connectivity index (χ2v) is 8.06. The number of likely N-dealkylation sites (tertiary alicyclic amines) is 1. The minimum Gasteiger partial charge on any atom is -0.497 e. The molecule has 4 heteroatoms. The lowest BCUT2D eigenvalue weighted by Gasteiger charge is -2.33. The molecule has 0 aromatic heterocycles. The lowest BCUT2D eigenvalue weighted by Crippen LogP contribution is -2.43. The number of aliphatic hydroxyl groups excluding tert-OH is 1. The van der Waals surface area contributed by atoms with Crippen molar-refractivity contribution in [3.8, 4) is 16.9 Å². The van der Waals surface area contributed by atoms with Gasteiger partial charge in [0.1, 0.15) is 5.75 Å². The normalized spacial score (nSPS) is 25.7. The lowest BCUT2D eigenvalue weighted by atomic mass is 10.0.